The lowest BCUT2D eigenvalue weighted by molar-refractivity contribution is 0.406. The topological polar surface area (TPSA) is 70.0 Å². The van der Waals surface area contributed by atoms with Crippen LogP contribution in [0.5, 0.6) is 11.5 Å². The molecule has 0 aliphatic carbocycles. The summed E-state index contributed by atoms with van der Waals surface area (Å²) in [5, 5.41) is 16.5. The number of aliphatic imine (C=N–C) groups is 1. The molecule has 0 amide bonds. The predicted molar refractivity (Wildman–Crippen MR) is 103 cm³/mol. The Hall–Kier alpha value is -2.28. The molecule has 0 fully saturated rings. The molecule has 0 aliphatic rings. The maximum Gasteiger partial charge on any atom is 0.194 e. The number of rotatable bonds is 7. The van der Waals surface area contributed by atoms with Crippen LogP contribution in [0.4, 0.5) is 0 Å². The van der Waals surface area contributed by atoms with E-state index in [1.807, 2.05) is 33.0 Å². The minimum Gasteiger partial charge on any atom is -0.508 e. The highest BCUT2D eigenvalue weighted by atomic mass is 32.1. The van der Waals surface area contributed by atoms with Crippen molar-refractivity contribution in [1.82, 2.24) is 15.2 Å². The lowest BCUT2D eigenvalue weighted by Crippen LogP contribution is -2.38. The molecule has 0 bridgehead atoms. The van der Waals surface area contributed by atoms with Gasteiger partial charge in [-0.3, -0.25) is 4.99 Å². The first-order valence-corrected chi connectivity index (χ1v) is 9.17. The number of thiazole rings is 1. The average molecular weight is 362 g/mol. The van der Waals surface area contributed by atoms with Gasteiger partial charge in [-0.05, 0) is 31.9 Å². The van der Waals surface area contributed by atoms with Gasteiger partial charge < -0.3 is 20.1 Å². The van der Waals surface area contributed by atoms with Gasteiger partial charge in [0.05, 0.1) is 24.4 Å². The standard InChI is InChI=1S/C18H26N4O2S/c1-5-19-18(22(3)11-15-12-25-13(2)21-15)20-9-8-14-6-7-16(24-4)10-17(14)23/h6-7,10,12,23H,5,8-9,11H2,1-4H3,(H,19,20). The van der Waals surface area contributed by atoms with Crippen LogP contribution in [0.3, 0.4) is 0 Å². The fourth-order valence-corrected chi connectivity index (χ4v) is 3.04. The monoisotopic (exact) mass is 362 g/mol. The van der Waals surface area contributed by atoms with Crippen LogP contribution >= 0.6 is 11.3 Å². The van der Waals surface area contributed by atoms with E-state index < -0.39 is 0 Å². The molecule has 136 valence electrons. The van der Waals surface area contributed by atoms with E-state index in [0.717, 1.165) is 28.8 Å². The molecular formula is C18H26N4O2S. The number of methoxy groups -OCH3 is 1. The molecule has 2 rings (SSSR count). The molecule has 1 heterocycles. The molecule has 2 aromatic rings. The van der Waals surface area contributed by atoms with Crippen LogP contribution in [0.2, 0.25) is 0 Å². The summed E-state index contributed by atoms with van der Waals surface area (Å²) in [7, 11) is 3.59. The van der Waals surface area contributed by atoms with E-state index in [4.69, 9.17) is 4.74 Å². The number of phenols is 1. The number of aromatic nitrogens is 1. The molecule has 0 atom stereocenters. The number of nitrogens with zero attached hydrogens (tertiary/aromatic N) is 3. The molecule has 0 unspecified atom stereocenters. The van der Waals surface area contributed by atoms with Crippen molar-refractivity contribution >= 4 is 17.3 Å². The number of guanidine groups is 1. The molecule has 0 saturated heterocycles. The van der Waals surface area contributed by atoms with Crippen LogP contribution in [0.25, 0.3) is 0 Å². The first-order chi connectivity index (χ1) is 12.0. The van der Waals surface area contributed by atoms with E-state index in [9.17, 15) is 5.11 Å². The Morgan fingerprint density at radius 1 is 1.44 bits per heavy atom. The molecule has 25 heavy (non-hydrogen) atoms. The summed E-state index contributed by atoms with van der Waals surface area (Å²) in [4.78, 5) is 11.2. The molecule has 0 radical (unpaired) electrons. The molecule has 1 aromatic carbocycles. The molecule has 1 aromatic heterocycles. The largest absolute Gasteiger partial charge is 0.508 e. The van der Waals surface area contributed by atoms with Crippen LogP contribution in [-0.4, -0.2) is 48.2 Å². The number of hydrogen-bond acceptors (Lipinski definition) is 5. The first kappa shape index (κ1) is 19.1. The molecule has 0 spiro atoms. The van der Waals surface area contributed by atoms with Gasteiger partial charge >= 0.3 is 0 Å². The third-order valence-corrected chi connectivity index (χ3v) is 4.52. The van der Waals surface area contributed by atoms with Crippen LogP contribution < -0.4 is 10.1 Å². The Labute approximate surface area is 153 Å². The normalized spacial score (nSPS) is 11.4. The summed E-state index contributed by atoms with van der Waals surface area (Å²) in [6, 6.07) is 5.35. The van der Waals surface area contributed by atoms with Crippen molar-refractivity contribution in [1.29, 1.82) is 0 Å². The zero-order valence-electron chi connectivity index (χ0n) is 15.2. The third-order valence-electron chi connectivity index (χ3n) is 3.70. The Kier molecular flexibility index (Phi) is 7.06. The summed E-state index contributed by atoms with van der Waals surface area (Å²) in [6.45, 7) is 6.15. The molecular weight excluding hydrogens is 336 g/mol. The number of nitrogens with one attached hydrogen (secondary N) is 1. The third kappa shape index (κ3) is 5.63. The van der Waals surface area contributed by atoms with E-state index in [2.05, 4.69) is 25.6 Å². The van der Waals surface area contributed by atoms with Gasteiger partial charge in [0.15, 0.2) is 5.96 Å². The lowest BCUT2D eigenvalue weighted by Gasteiger charge is -2.21. The molecule has 6 nitrogen and oxygen atoms in total. The van der Waals surface area contributed by atoms with Crippen LogP contribution in [0.1, 0.15) is 23.2 Å². The highest BCUT2D eigenvalue weighted by Gasteiger charge is 2.09. The van der Waals surface area contributed by atoms with Crippen molar-refractivity contribution < 1.29 is 9.84 Å². The maximum atomic E-state index is 10.0. The Morgan fingerprint density at radius 2 is 2.24 bits per heavy atom. The van der Waals surface area contributed by atoms with Crippen molar-refractivity contribution in [2.45, 2.75) is 26.8 Å². The molecule has 2 N–H and O–H groups in total. The number of benzene rings is 1. The van der Waals surface area contributed by atoms with Crippen molar-refractivity contribution in [3.05, 3.63) is 39.8 Å². The van der Waals surface area contributed by atoms with Crippen LogP contribution in [-0.2, 0) is 13.0 Å². The van der Waals surface area contributed by atoms with Crippen LogP contribution in [0.15, 0.2) is 28.6 Å². The summed E-state index contributed by atoms with van der Waals surface area (Å²) >= 11 is 1.66. The van der Waals surface area contributed by atoms with E-state index in [0.29, 0.717) is 25.3 Å². The maximum absolute atomic E-state index is 10.0. The lowest BCUT2D eigenvalue weighted by atomic mass is 10.1. The van der Waals surface area contributed by atoms with Gasteiger partial charge in [0, 0.05) is 31.6 Å². The fourth-order valence-electron chi connectivity index (χ4n) is 2.43. The second-order valence-corrected chi connectivity index (χ2v) is 6.76. The van der Waals surface area contributed by atoms with E-state index in [1.165, 1.54) is 0 Å². The smallest absolute Gasteiger partial charge is 0.194 e. The minimum atomic E-state index is 0.242. The summed E-state index contributed by atoms with van der Waals surface area (Å²) in [6.07, 6.45) is 0.661. The van der Waals surface area contributed by atoms with Gasteiger partial charge in [0.1, 0.15) is 11.5 Å². The number of aryl methyl sites for hydroxylation is 1. The minimum absolute atomic E-state index is 0.242. The van der Waals surface area contributed by atoms with Gasteiger partial charge in [-0.1, -0.05) is 6.07 Å². The Bertz CT molecular complexity index is 715. The van der Waals surface area contributed by atoms with Gasteiger partial charge in [-0.15, -0.1) is 11.3 Å². The van der Waals surface area contributed by atoms with Crippen molar-refractivity contribution in [2.24, 2.45) is 4.99 Å². The van der Waals surface area contributed by atoms with Gasteiger partial charge in [0.25, 0.3) is 0 Å². The number of phenolic OH excluding ortho intramolecular Hbond substituents is 1. The Morgan fingerprint density at radius 3 is 2.84 bits per heavy atom. The zero-order chi connectivity index (χ0) is 18.2. The van der Waals surface area contributed by atoms with E-state index >= 15 is 0 Å². The van der Waals surface area contributed by atoms with Crippen molar-refractivity contribution in [3.63, 3.8) is 0 Å². The Balaban J connectivity index is 1.98. The first-order valence-electron chi connectivity index (χ1n) is 8.29. The van der Waals surface area contributed by atoms with Crippen molar-refractivity contribution in [2.75, 3.05) is 27.2 Å². The average Bonchev–Trinajstić information content (AvgIpc) is 3.00. The molecule has 7 heteroatoms. The molecule has 0 saturated carbocycles. The summed E-state index contributed by atoms with van der Waals surface area (Å²) in [5.74, 6) is 1.73. The number of aromatic hydroxyl groups is 1. The SMILES string of the molecule is CCNC(=NCCc1ccc(OC)cc1O)N(C)Cc1csc(C)n1. The van der Waals surface area contributed by atoms with Crippen molar-refractivity contribution in [3.8, 4) is 11.5 Å². The summed E-state index contributed by atoms with van der Waals surface area (Å²) < 4.78 is 5.11. The van der Waals surface area contributed by atoms with Gasteiger partial charge in [-0.25, -0.2) is 4.98 Å². The highest BCUT2D eigenvalue weighted by molar-refractivity contribution is 7.09. The predicted octanol–water partition coefficient (Wildman–Crippen LogP) is 2.81. The van der Waals surface area contributed by atoms with Gasteiger partial charge in [0.2, 0.25) is 0 Å². The van der Waals surface area contributed by atoms with E-state index in [-0.39, 0.29) is 5.75 Å². The highest BCUT2D eigenvalue weighted by Crippen LogP contribution is 2.23. The number of ether oxygens (including phenoxy) is 1. The second-order valence-electron chi connectivity index (χ2n) is 5.69. The van der Waals surface area contributed by atoms with Gasteiger partial charge in [-0.2, -0.15) is 0 Å². The fraction of sp³-hybridized carbons (Fsp3) is 0.444. The summed E-state index contributed by atoms with van der Waals surface area (Å²) in [5.41, 5.74) is 1.90. The van der Waals surface area contributed by atoms with Crippen LogP contribution in [0, 0.1) is 6.92 Å². The van der Waals surface area contributed by atoms with E-state index in [1.54, 1.807) is 24.5 Å². The quantitative estimate of drug-likeness (QED) is 0.585. The molecule has 0 aliphatic heterocycles. The zero-order valence-corrected chi connectivity index (χ0v) is 16.1. The number of hydrogen-bond donors (Lipinski definition) is 2. The second kappa shape index (κ2) is 9.27.